The van der Waals surface area contributed by atoms with Crippen LogP contribution >= 0.6 is 0 Å². The molecule has 2 atom stereocenters. The van der Waals surface area contributed by atoms with Gasteiger partial charge in [0.05, 0.1) is 12.2 Å². The van der Waals surface area contributed by atoms with Crippen molar-refractivity contribution in [2.75, 3.05) is 6.61 Å². The van der Waals surface area contributed by atoms with Gasteiger partial charge in [-0.2, -0.15) is 0 Å². The van der Waals surface area contributed by atoms with Crippen molar-refractivity contribution in [2.45, 2.75) is 58.2 Å². The number of aliphatic hydroxyl groups excluding tert-OH is 1. The summed E-state index contributed by atoms with van der Waals surface area (Å²) in [5.74, 6) is 0.393. The van der Waals surface area contributed by atoms with Crippen LogP contribution in [0.15, 0.2) is 0 Å². The van der Waals surface area contributed by atoms with Crippen LogP contribution in [0, 0.1) is 5.92 Å². The summed E-state index contributed by atoms with van der Waals surface area (Å²) in [6.45, 7) is 5.07. The molecule has 0 aromatic rings. The van der Waals surface area contributed by atoms with E-state index in [9.17, 15) is 5.11 Å². The van der Waals surface area contributed by atoms with E-state index in [-0.39, 0.29) is 6.10 Å². The molecule has 1 fully saturated rings. The number of hydrogen-bond acceptors (Lipinski definition) is 2. The number of ether oxygens (including phenoxy) is 1. The van der Waals surface area contributed by atoms with Gasteiger partial charge in [-0.15, -0.1) is 0 Å². The lowest BCUT2D eigenvalue weighted by atomic mass is 10.00. The van der Waals surface area contributed by atoms with E-state index in [4.69, 9.17) is 4.74 Å². The third-order valence-electron chi connectivity index (χ3n) is 2.82. The van der Waals surface area contributed by atoms with Gasteiger partial charge in [-0.3, -0.25) is 0 Å². The first-order chi connectivity index (χ1) is 6.20. The smallest absolute Gasteiger partial charge is 0.0576 e. The molecule has 1 saturated heterocycles. The number of hydrogen-bond donors (Lipinski definition) is 1. The zero-order valence-electron chi connectivity index (χ0n) is 8.83. The Labute approximate surface area is 81.3 Å². The number of aliphatic hydroxyl groups is 1. The molecule has 1 N–H and O–H groups in total. The molecule has 2 heteroatoms. The molecule has 0 bridgehead atoms. The summed E-state index contributed by atoms with van der Waals surface area (Å²) in [6, 6.07) is 0. The molecule has 1 aliphatic rings. The average Bonchev–Trinajstić information content (AvgIpc) is 2.56. The molecule has 0 spiro atoms. The lowest BCUT2D eigenvalue weighted by Crippen LogP contribution is -2.15. The molecular formula is C11H22O2. The van der Waals surface area contributed by atoms with E-state index in [2.05, 4.69) is 13.8 Å². The van der Waals surface area contributed by atoms with Gasteiger partial charge in [-0.1, -0.05) is 13.8 Å². The molecule has 0 amide bonds. The Morgan fingerprint density at radius 1 is 1.46 bits per heavy atom. The Hall–Kier alpha value is -0.0800. The van der Waals surface area contributed by atoms with Crippen LogP contribution in [-0.2, 0) is 4.74 Å². The molecule has 0 saturated carbocycles. The summed E-state index contributed by atoms with van der Waals surface area (Å²) in [7, 11) is 0. The largest absolute Gasteiger partial charge is 0.393 e. The van der Waals surface area contributed by atoms with E-state index in [0.29, 0.717) is 12.0 Å². The maximum Gasteiger partial charge on any atom is 0.0576 e. The second-order valence-electron chi connectivity index (χ2n) is 4.38. The Bertz CT molecular complexity index is 126. The molecule has 1 aliphatic heterocycles. The van der Waals surface area contributed by atoms with Crippen molar-refractivity contribution in [3.05, 3.63) is 0 Å². The standard InChI is InChI=1S/C11H22O2/c1-9(2)11(12)7-3-5-10-6-4-8-13-10/h9-12H,3-8H2,1-2H3. The first-order valence-electron chi connectivity index (χ1n) is 5.50. The second kappa shape index (κ2) is 5.61. The van der Waals surface area contributed by atoms with Gasteiger partial charge in [-0.25, -0.2) is 0 Å². The van der Waals surface area contributed by atoms with E-state index < -0.39 is 0 Å². The van der Waals surface area contributed by atoms with Crippen molar-refractivity contribution in [3.8, 4) is 0 Å². The van der Waals surface area contributed by atoms with Gasteiger partial charge in [0.15, 0.2) is 0 Å². The lowest BCUT2D eigenvalue weighted by molar-refractivity contribution is 0.0843. The van der Waals surface area contributed by atoms with E-state index >= 15 is 0 Å². The van der Waals surface area contributed by atoms with Crippen LogP contribution in [0.2, 0.25) is 0 Å². The molecule has 78 valence electrons. The summed E-state index contributed by atoms with van der Waals surface area (Å²) in [5.41, 5.74) is 0. The van der Waals surface area contributed by atoms with Crippen molar-refractivity contribution in [1.82, 2.24) is 0 Å². The van der Waals surface area contributed by atoms with Gasteiger partial charge >= 0.3 is 0 Å². The van der Waals surface area contributed by atoms with Gasteiger partial charge in [-0.05, 0) is 38.0 Å². The molecule has 0 aromatic carbocycles. The third kappa shape index (κ3) is 4.10. The number of rotatable bonds is 5. The van der Waals surface area contributed by atoms with Gasteiger partial charge in [0.25, 0.3) is 0 Å². The maximum atomic E-state index is 9.56. The van der Waals surface area contributed by atoms with Gasteiger partial charge < -0.3 is 9.84 Å². The zero-order valence-corrected chi connectivity index (χ0v) is 8.83. The fraction of sp³-hybridized carbons (Fsp3) is 1.00. The van der Waals surface area contributed by atoms with Crippen LogP contribution < -0.4 is 0 Å². The molecule has 2 nitrogen and oxygen atoms in total. The fourth-order valence-corrected chi connectivity index (χ4v) is 1.76. The maximum absolute atomic E-state index is 9.56. The van der Waals surface area contributed by atoms with Crippen molar-refractivity contribution in [2.24, 2.45) is 5.92 Å². The zero-order chi connectivity index (χ0) is 9.68. The highest BCUT2D eigenvalue weighted by molar-refractivity contribution is 4.67. The van der Waals surface area contributed by atoms with Crippen LogP contribution in [0.4, 0.5) is 0 Å². The van der Waals surface area contributed by atoms with Crippen LogP contribution in [0.25, 0.3) is 0 Å². The molecule has 0 radical (unpaired) electrons. The molecule has 1 rings (SSSR count). The van der Waals surface area contributed by atoms with Crippen molar-refractivity contribution >= 4 is 0 Å². The second-order valence-corrected chi connectivity index (χ2v) is 4.38. The topological polar surface area (TPSA) is 29.5 Å². The quantitative estimate of drug-likeness (QED) is 0.714. The fourth-order valence-electron chi connectivity index (χ4n) is 1.76. The molecule has 0 aromatic heterocycles. The first-order valence-corrected chi connectivity index (χ1v) is 5.50. The molecular weight excluding hydrogens is 164 g/mol. The first kappa shape index (κ1) is 11.0. The van der Waals surface area contributed by atoms with Crippen LogP contribution in [-0.4, -0.2) is 23.9 Å². The van der Waals surface area contributed by atoms with Gasteiger partial charge in [0, 0.05) is 6.61 Å². The molecule has 0 aliphatic carbocycles. The Balaban J connectivity index is 1.99. The molecule has 13 heavy (non-hydrogen) atoms. The predicted octanol–water partition coefficient (Wildman–Crippen LogP) is 2.35. The third-order valence-corrected chi connectivity index (χ3v) is 2.82. The average molecular weight is 186 g/mol. The van der Waals surface area contributed by atoms with E-state index in [1.54, 1.807) is 0 Å². The highest BCUT2D eigenvalue weighted by Gasteiger charge is 2.16. The Morgan fingerprint density at radius 3 is 2.77 bits per heavy atom. The Morgan fingerprint density at radius 2 is 2.23 bits per heavy atom. The summed E-state index contributed by atoms with van der Waals surface area (Å²) >= 11 is 0. The van der Waals surface area contributed by atoms with Crippen molar-refractivity contribution in [1.29, 1.82) is 0 Å². The molecule has 1 heterocycles. The Kier molecular flexibility index (Phi) is 4.74. The lowest BCUT2D eigenvalue weighted by Gasteiger charge is -2.15. The van der Waals surface area contributed by atoms with Crippen LogP contribution in [0.1, 0.15) is 46.0 Å². The monoisotopic (exact) mass is 186 g/mol. The highest BCUT2D eigenvalue weighted by Crippen LogP contribution is 2.19. The SMILES string of the molecule is CC(C)C(O)CCCC1CCCO1. The van der Waals surface area contributed by atoms with Crippen LogP contribution in [0.3, 0.4) is 0 Å². The van der Waals surface area contributed by atoms with Gasteiger partial charge in [0.2, 0.25) is 0 Å². The van der Waals surface area contributed by atoms with E-state index in [1.807, 2.05) is 0 Å². The van der Waals surface area contributed by atoms with Gasteiger partial charge in [0.1, 0.15) is 0 Å². The summed E-state index contributed by atoms with van der Waals surface area (Å²) in [5, 5.41) is 9.56. The normalized spacial score (nSPS) is 25.4. The summed E-state index contributed by atoms with van der Waals surface area (Å²) in [4.78, 5) is 0. The minimum Gasteiger partial charge on any atom is -0.393 e. The van der Waals surface area contributed by atoms with Crippen molar-refractivity contribution in [3.63, 3.8) is 0 Å². The van der Waals surface area contributed by atoms with E-state index in [1.165, 1.54) is 12.8 Å². The summed E-state index contributed by atoms with van der Waals surface area (Å²) in [6.07, 6.45) is 5.96. The van der Waals surface area contributed by atoms with E-state index in [0.717, 1.165) is 25.9 Å². The minimum absolute atomic E-state index is 0.124. The van der Waals surface area contributed by atoms with Crippen molar-refractivity contribution < 1.29 is 9.84 Å². The summed E-state index contributed by atoms with van der Waals surface area (Å²) < 4.78 is 5.51. The highest BCUT2D eigenvalue weighted by atomic mass is 16.5. The minimum atomic E-state index is -0.124. The molecule has 2 unspecified atom stereocenters. The predicted molar refractivity (Wildman–Crippen MR) is 53.7 cm³/mol. The van der Waals surface area contributed by atoms with Crippen LogP contribution in [0.5, 0.6) is 0 Å².